The van der Waals surface area contributed by atoms with Crippen LogP contribution in [0.5, 0.6) is 0 Å². The summed E-state index contributed by atoms with van der Waals surface area (Å²) in [6, 6.07) is -0.475. The number of aromatic nitrogens is 5. The molecule has 2 saturated heterocycles. The maximum atomic E-state index is 13.5. The fraction of sp³-hybridized carbons (Fsp3) is 0.514. The predicted molar refractivity (Wildman–Crippen MR) is 195 cm³/mol. The van der Waals surface area contributed by atoms with E-state index >= 15 is 0 Å². The van der Waals surface area contributed by atoms with Gasteiger partial charge in [0.1, 0.15) is 29.0 Å². The molecule has 0 aromatic carbocycles. The molecule has 0 saturated carbocycles. The van der Waals surface area contributed by atoms with Crippen molar-refractivity contribution in [2.24, 2.45) is 11.8 Å². The van der Waals surface area contributed by atoms with E-state index in [-0.39, 0.29) is 35.6 Å². The summed E-state index contributed by atoms with van der Waals surface area (Å²) in [5.74, 6) is -0.0829. The largest absolute Gasteiger partial charge is 0.453 e. The Morgan fingerprint density at radius 2 is 1.53 bits per heavy atom. The van der Waals surface area contributed by atoms with Gasteiger partial charge in [-0.2, -0.15) is 0 Å². The maximum absolute atomic E-state index is 13.5. The summed E-state index contributed by atoms with van der Waals surface area (Å²) in [5.41, 5.74) is 1.71. The lowest BCUT2D eigenvalue weighted by Gasteiger charge is -2.30. The number of hydrogen-bond donors (Lipinski definition) is 4. The van der Waals surface area contributed by atoms with Crippen molar-refractivity contribution in [1.82, 2.24) is 44.4 Å². The molecule has 2 fully saturated rings. The molecule has 2 aliphatic rings. The lowest BCUT2D eigenvalue weighted by Crippen LogP contribution is -2.54. The Morgan fingerprint density at radius 3 is 2.17 bits per heavy atom. The smallest absolute Gasteiger partial charge is 0.407 e. The number of thiazole rings is 1. The Balaban J connectivity index is 1.10. The summed E-state index contributed by atoms with van der Waals surface area (Å²) in [7, 11) is 2.52. The number of carbonyl (C=O) groups excluding carboxylic acids is 5. The summed E-state index contributed by atoms with van der Waals surface area (Å²) in [6.45, 7) is 8.40. The lowest BCUT2D eigenvalue weighted by atomic mass is 10.0. The average molecular weight is 751 g/mol. The molecule has 5 amide bonds. The van der Waals surface area contributed by atoms with Crippen molar-refractivity contribution in [1.29, 1.82) is 0 Å². The Labute approximate surface area is 310 Å². The van der Waals surface area contributed by atoms with Crippen LogP contribution in [-0.2, 0) is 23.9 Å². The number of rotatable bonds is 11. The molecule has 6 heterocycles. The van der Waals surface area contributed by atoms with Gasteiger partial charge in [0.05, 0.1) is 38.3 Å². The second-order valence-corrected chi connectivity index (χ2v) is 14.9. The zero-order chi connectivity index (χ0) is 38.0. The van der Waals surface area contributed by atoms with Crippen molar-refractivity contribution in [3.05, 3.63) is 42.9 Å². The number of aromatic amines is 1. The molecule has 0 aliphatic carbocycles. The van der Waals surface area contributed by atoms with E-state index in [4.69, 9.17) is 4.74 Å². The highest BCUT2D eigenvalue weighted by atomic mass is 32.1. The number of fused-ring (bicyclic) bond motifs is 1. The summed E-state index contributed by atoms with van der Waals surface area (Å²) in [5, 5.41) is 9.04. The Hall–Kier alpha value is -5.39. The monoisotopic (exact) mass is 750 g/mol. The quantitative estimate of drug-likeness (QED) is 0.176. The van der Waals surface area contributed by atoms with E-state index in [1.807, 2.05) is 61.3 Å². The van der Waals surface area contributed by atoms with Crippen molar-refractivity contribution < 1.29 is 33.4 Å². The second kappa shape index (κ2) is 15.7. The molecular weight excluding hydrogens is 705 g/mol. The van der Waals surface area contributed by atoms with E-state index < -0.39 is 30.3 Å². The number of imidazole rings is 2. The first kappa shape index (κ1) is 37.4. The first-order chi connectivity index (χ1) is 25.4. The number of hydrogen-bond acceptors (Lipinski definition) is 10. The number of ether oxygens (including phenoxy) is 2. The van der Waals surface area contributed by atoms with Crippen LogP contribution >= 0.6 is 11.3 Å². The summed E-state index contributed by atoms with van der Waals surface area (Å²) in [4.78, 5) is 80.7. The van der Waals surface area contributed by atoms with Crippen molar-refractivity contribution in [2.75, 3.05) is 32.6 Å². The van der Waals surface area contributed by atoms with E-state index in [0.29, 0.717) is 42.5 Å². The Morgan fingerprint density at radius 1 is 0.887 bits per heavy atom. The SMILES string of the molecule is COC(=O)N[C@H](C(=O)N1CCC[C@H]1C(=O)Nc1cn2cc(-n3ccc(-c4cnc([C@@H]5CCCN5C(=O)[C@@H](NC(=O)OC)C(C)C)[nH]4)c3)sc2n1)C(C)C. The molecule has 4 atom stereocenters. The molecule has 2 aliphatic heterocycles. The number of amides is 5. The topological polar surface area (TPSA) is 197 Å². The van der Waals surface area contributed by atoms with Crippen molar-refractivity contribution in [2.45, 2.75) is 77.5 Å². The first-order valence-electron chi connectivity index (χ1n) is 17.7. The van der Waals surface area contributed by atoms with Gasteiger partial charge in [-0.3, -0.25) is 18.8 Å². The van der Waals surface area contributed by atoms with E-state index in [0.717, 1.165) is 29.1 Å². The fourth-order valence-electron chi connectivity index (χ4n) is 6.89. The van der Waals surface area contributed by atoms with Crippen LogP contribution in [0.15, 0.2) is 37.1 Å². The third-order valence-electron chi connectivity index (χ3n) is 9.72. The van der Waals surface area contributed by atoms with E-state index in [2.05, 4.69) is 35.6 Å². The minimum absolute atomic E-state index is 0.123. The molecule has 17 nitrogen and oxygen atoms in total. The second-order valence-electron chi connectivity index (χ2n) is 14.0. The third-order valence-corrected chi connectivity index (χ3v) is 10.7. The molecule has 0 spiro atoms. The number of likely N-dealkylation sites (tertiary alicyclic amines) is 2. The third kappa shape index (κ3) is 7.86. The van der Waals surface area contributed by atoms with Gasteiger partial charge >= 0.3 is 12.2 Å². The zero-order valence-corrected chi connectivity index (χ0v) is 31.4. The highest BCUT2D eigenvalue weighted by Crippen LogP contribution is 2.33. The van der Waals surface area contributed by atoms with Gasteiger partial charge in [0.15, 0.2) is 10.8 Å². The van der Waals surface area contributed by atoms with E-state index in [1.165, 1.54) is 30.5 Å². The number of anilines is 1. The molecule has 284 valence electrons. The molecule has 53 heavy (non-hydrogen) atoms. The van der Waals surface area contributed by atoms with Gasteiger partial charge in [-0.05, 0) is 43.6 Å². The lowest BCUT2D eigenvalue weighted by molar-refractivity contribution is -0.139. The molecule has 0 unspecified atom stereocenters. The molecule has 4 N–H and O–H groups in total. The van der Waals surface area contributed by atoms with Crippen LogP contribution in [0.2, 0.25) is 0 Å². The number of alkyl carbamates (subject to hydrolysis) is 2. The molecule has 6 rings (SSSR count). The Bertz CT molecular complexity index is 1950. The van der Waals surface area contributed by atoms with E-state index in [9.17, 15) is 24.0 Å². The normalized spacial score (nSPS) is 18.4. The van der Waals surface area contributed by atoms with Crippen molar-refractivity contribution >= 4 is 52.0 Å². The van der Waals surface area contributed by atoms with Crippen LogP contribution in [-0.4, -0.2) is 109 Å². The van der Waals surface area contributed by atoms with E-state index in [1.54, 1.807) is 17.3 Å². The molecule has 4 aromatic heterocycles. The Kier molecular flexibility index (Phi) is 11.1. The number of carbonyl (C=O) groups is 5. The number of H-pyrrole nitrogens is 1. The van der Waals surface area contributed by atoms with Crippen LogP contribution in [0, 0.1) is 11.8 Å². The average Bonchev–Trinajstić information content (AvgIpc) is 3.97. The highest BCUT2D eigenvalue weighted by Gasteiger charge is 2.40. The molecule has 4 aromatic rings. The van der Waals surface area contributed by atoms with Crippen LogP contribution in [0.3, 0.4) is 0 Å². The first-order valence-corrected chi connectivity index (χ1v) is 18.5. The van der Waals surface area contributed by atoms with Crippen LogP contribution in [0.25, 0.3) is 21.2 Å². The number of methoxy groups -OCH3 is 2. The highest BCUT2D eigenvalue weighted by molar-refractivity contribution is 7.19. The summed E-state index contributed by atoms with van der Waals surface area (Å²) in [6.07, 6.45) is 10.7. The predicted octanol–water partition coefficient (Wildman–Crippen LogP) is 3.93. The van der Waals surface area contributed by atoms with Crippen LogP contribution in [0.1, 0.15) is 65.2 Å². The number of nitrogens with zero attached hydrogens (tertiary/aromatic N) is 6. The molecule has 0 bridgehead atoms. The standard InChI is InChI=1S/C35H46N10O7S/c1-19(2)27(40-34(49)51-5)31(47)44-12-7-9-23(44)29-36-15-22(37-29)21-11-14-42(16-21)26-18-43-17-25(39-33(43)53-26)38-30(46)24-10-8-13-45(24)32(48)28(20(3)4)41-35(50)52-6/h11,14-20,23-24,27-28H,7-10,12-13H2,1-6H3,(H,36,37)(H,38,46)(H,40,49)(H,41,50)/t23-,24-,27-,28-/m0/s1. The van der Waals surface area contributed by atoms with Crippen LogP contribution in [0.4, 0.5) is 15.4 Å². The van der Waals surface area contributed by atoms with Crippen molar-refractivity contribution in [3.8, 4) is 16.3 Å². The summed E-state index contributed by atoms with van der Waals surface area (Å²) >= 11 is 1.44. The molecular formula is C35H46N10O7S. The van der Waals surface area contributed by atoms with Gasteiger partial charge in [-0.15, -0.1) is 0 Å². The minimum atomic E-state index is -0.814. The zero-order valence-electron chi connectivity index (χ0n) is 30.6. The van der Waals surface area contributed by atoms with Gasteiger partial charge in [-0.25, -0.2) is 19.6 Å². The van der Waals surface area contributed by atoms with Gasteiger partial charge in [0.2, 0.25) is 17.7 Å². The van der Waals surface area contributed by atoms with Gasteiger partial charge in [-0.1, -0.05) is 39.0 Å². The number of nitrogens with one attached hydrogen (secondary N) is 4. The minimum Gasteiger partial charge on any atom is -0.453 e. The van der Waals surface area contributed by atoms with Gasteiger partial charge < -0.3 is 44.8 Å². The van der Waals surface area contributed by atoms with Gasteiger partial charge in [0.25, 0.3) is 0 Å². The maximum Gasteiger partial charge on any atom is 0.407 e. The molecule has 0 radical (unpaired) electrons. The van der Waals surface area contributed by atoms with Gasteiger partial charge in [0, 0.05) is 37.2 Å². The summed E-state index contributed by atoms with van der Waals surface area (Å²) < 4.78 is 13.2. The molecule has 18 heteroatoms. The fourth-order valence-corrected chi connectivity index (χ4v) is 7.82. The van der Waals surface area contributed by atoms with Crippen LogP contribution < -0.4 is 16.0 Å². The van der Waals surface area contributed by atoms with Crippen molar-refractivity contribution in [3.63, 3.8) is 0 Å².